The number of hydrogen-bond donors (Lipinski definition) is 1. The van der Waals surface area contributed by atoms with Gasteiger partial charge in [-0.3, -0.25) is 25.0 Å². The van der Waals surface area contributed by atoms with Crippen LogP contribution in [0.2, 0.25) is 0 Å². The minimum Gasteiger partial charge on any atom is -0.497 e. The molecule has 4 rings (SSSR count). The number of non-ortho nitro benzene ring substituents is 1. The number of amides is 1. The average molecular weight is 554 g/mol. The van der Waals surface area contributed by atoms with Crippen molar-refractivity contribution in [2.45, 2.75) is 13.8 Å². The number of nitro benzene ring substituents is 2. The van der Waals surface area contributed by atoms with Crippen molar-refractivity contribution in [1.29, 1.82) is 5.26 Å². The van der Waals surface area contributed by atoms with Crippen molar-refractivity contribution < 1.29 is 24.1 Å². The molecule has 0 radical (unpaired) electrons. The van der Waals surface area contributed by atoms with Crippen LogP contribution in [0.15, 0.2) is 78.4 Å². The average Bonchev–Trinajstić information content (AvgIpc) is 3.24. The first kappa shape index (κ1) is 28.1. The van der Waals surface area contributed by atoms with Gasteiger partial charge in [-0.1, -0.05) is 0 Å². The third-order valence-corrected chi connectivity index (χ3v) is 6.16. The Kier molecular flexibility index (Phi) is 8.10. The number of nitro groups is 2. The molecule has 206 valence electrons. The Balaban J connectivity index is 1.56. The van der Waals surface area contributed by atoms with Crippen LogP contribution < -0.4 is 14.8 Å². The molecule has 12 heteroatoms. The standard InChI is InChI=1S/C29H23N5O7/c1-18-14-20(15-21(17-30)29(35)31-22-4-9-25(40-3)10-5-22)19(2)32(18)23-6-11-26(12-7-23)41-28-13-8-24(33(36)37)16-27(28)34(38)39/h4-16H,1-3H3,(H,31,35)/b21-15-. The first-order valence-corrected chi connectivity index (χ1v) is 12.1. The second-order valence-corrected chi connectivity index (χ2v) is 8.78. The van der Waals surface area contributed by atoms with E-state index in [1.165, 1.54) is 12.1 Å². The van der Waals surface area contributed by atoms with Crippen LogP contribution in [0.4, 0.5) is 17.1 Å². The number of aromatic nitrogens is 1. The molecule has 0 saturated carbocycles. The van der Waals surface area contributed by atoms with Gasteiger partial charge in [-0.05, 0) is 86.2 Å². The Morgan fingerprint density at radius 2 is 1.61 bits per heavy atom. The van der Waals surface area contributed by atoms with Crippen LogP contribution in [-0.4, -0.2) is 27.4 Å². The van der Waals surface area contributed by atoms with Crippen LogP contribution in [0, 0.1) is 45.4 Å². The quantitative estimate of drug-likeness (QED) is 0.110. The highest BCUT2D eigenvalue weighted by molar-refractivity contribution is 6.09. The maximum Gasteiger partial charge on any atom is 0.318 e. The summed E-state index contributed by atoms with van der Waals surface area (Å²) < 4.78 is 12.7. The number of nitriles is 1. The van der Waals surface area contributed by atoms with Gasteiger partial charge in [0.2, 0.25) is 5.75 Å². The van der Waals surface area contributed by atoms with Gasteiger partial charge in [0.25, 0.3) is 11.6 Å². The summed E-state index contributed by atoms with van der Waals surface area (Å²) in [5.74, 6) is 0.240. The van der Waals surface area contributed by atoms with Gasteiger partial charge in [0.1, 0.15) is 23.1 Å². The zero-order chi connectivity index (χ0) is 29.7. The van der Waals surface area contributed by atoms with Crippen LogP contribution in [0.25, 0.3) is 11.8 Å². The summed E-state index contributed by atoms with van der Waals surface area (Å²) in [6.45, 7) is 3.72. The molecular formula is C29H23N5O7. The number of nitrogens with zero attached hydrogens (tertiary/aromatic N) is 4. The monoisotopic (exact) mass is 553 g/mol. The van der Waals surface area contributed by atoms with Gasteiger partial charge in [0.05, 0.1) is 23.0 Å². The van der Waals surface area contributed by atoms with E-state index in [2.05, 4.69) is 5.32 Å². The Morgan fingerprint density at radius 1 is 0.951 bits per heavy atom. The predicted octanol–water partition coefficient (Wildman–Crippen LogP) is 6.26. The van der Waals surface area contributed by atoms with Crippen LogP contribution in [0.5, 0.6) is 17.2 Å². The Morgan fingerprint density at radius 3 is 2.20 bits per heavy atom. The molecule has 0 fully saturated rings. The normalized spacial score (nSPS) is 10.9. The second-order valence-electron chi connectivity index (χ2n) is 8.78. The molecule has 3 aromatic carbocycles. The summed E-state index contributed by atoms with van der Waals surface area (Å²) >= 11 is 0. The van der Waals surface area contributed by atoms with Crippen LogP contribution in [0.1, 0.15) is 17.0 Å². The van der Waals surface area contributed by atoms with Crippen LogP contribution >= 0.6 is 0 Å². The lowest BCUT2D eigenvalue weighted by Gasteiger charge is -2.11. The molecular weight excluding hydrogens is 530 g/mol. The molecule has 0 spiro atoms. The number of methoxy groups -OCH3 is 1. The van der Waals surface area contributed by atoms with E-state index in [1.807, 2.05) is 30.6 Å². The number of nitrogens with one attached hydrogen (secondary N) is 1. The fourth-order valence-electron chi connectivity index (χ4n) is 4.15. The summed E-state index contributed by atoms with van der Waals surface area (Å²) in [6.07, 6.45) is 1.52. The molecule has 0 saturated heterocycles. The minimum atomic E-state index is -0.745. The van der Waals surface area contributed by atoms with E-state index in [0.717, 1.165) is 29.2 Å². The van der Waals surface area contributed by atoms with Crippen molar-refractivity contribution in [3.8, 4) is 29.0 Å². The summed E-state index contributed by atoms with van der Waals surface area (Å²) in [4.78, 5) is 33.7. The Labute approximate surface area is 234 Å². The van der Waals surface area contributed by atoms with Gasteiger partial charge < -0.3 is 19.4 Å². The van der Waals surface area contributed by atoms with Gasteiger partial charge in [-0.25, -0.2) is 0 Å². The van der Waals surface area contributed by atoms with Crippen molar-refractivity contribution in [3.05, 3.63) is 116 Å². The van der Waals surface area contributed by atoms with Crippen LogP contribution in [0.3, 0.4) is 0 Å². The van der Waals surface area contributed by atoms with Crippen molar-refractivity contribution in [2.24, 2.45) is 0 Å². The first-order chi connectivity index (χ1) is 19.6. The minimum absolute atomic E-state index is 0.0745. The van der Waals surface area contributed by atoms with Gasteiger partial charge >= 0.3 is 5.69 Å². The number of hydrogen-bond acceptors (Lipinski definition) is 8. The number of anilines is 1. The van der Waals surface area contributed by atoms with Crippen molar-refractivity contribution >= 4 is 29.0 Å². The maximum atomic E-state index is 12.8. The van der Waals surface area contributed by atoms with Crippen molar-refractivity contribution in [3.63, 3.8) is 0 Å². The third-order valence-electron chi connectivity index (χ3n) is 6.16. The smallest absolute Gasteiger partial charge is 0.318 e. The molecule has 1 aromatic heterocycles. The lowest BCUT2D eigenvalue weighted by atomic mass is 10.1. The van der Waals surface area contributed by atoms with Gasteiger partial charge in [-0.2, -0.15) is 5.26 Å². The zero-order valence-corrected chi connectivity index (χ0v) is 22.2. The number of carbonyl (C=O) groups excluding carboxylic acids is 1. The number of rotatable bonds is 9. The molecule has 1 amide bonds. The van der Waals surface area contributed by atoms with Crippen molar-refractivity contribution in [2.75, 3.05) is 12.4 Å². The molecule has 0 atom stereocenters. The molecule has 0 aliphatic rings. The largest absolute Gasteiger partial charge is 0.497 e. The van der Waals surface area contributed by atoms with Gasteiger partial charge in [0.15, 0.2) is 0 Å². The Bertz CT molecular complexity index is 1720. The van der Waals surface area contributed by atoms with Gasteiger partial charge in [-0.15, -0.1) is 0 Å². The van der Waals surface area contributed by atoms with E-state index in [4.69, 9.17) is 9.47 Å². The highest BCUT2D eigenvalue weighted by Crippen LogP contribution is 2.35. The second kappa shape index (κ2) is 11.8. The highest BCUT2D eigenvalue weighted by Gasteiger charge is 2.21. The van der Waals surface area contributed by atoms with Crippen LogP contribution in [-0.2, 0) is 4.79 Å². The fourth-order valence-corrected chi connectivity index (χ4v) is 4.15. The van der Waals surface area contributed by atoms with E-state index in [1.54, 1.807) is 55.6 Å². The molecule has 1 N–H and O–H groups in total. The zero-order valence-electron chi connectivity index (χ0n) is 22.2. The summed E-state index contributed by atoms with van der Waals surface area (Å²) in [6, 6.07) is 20.4. The van der Waals surface area contributed by atoms with Crippen molar-refractivity contribution in [1.82, 2.24) is 4.57 Å². The third kappa shape index (κ3) is 6.21. The maximum absolute atomic E-state index is 12.8. The summed E-state index contributed by atoms with van der Waals surface area (Å²) in [5.41, 5.74) is 2.52. The predicted molar refractivity (Wildman–Crippen MR) is 150 cm³/mol. The van der Waals surface area contributed by atoms with E-state index < -0.39 is 27.1 Å². The Hall–Kier alpha value is -5.96. The molecule has 0 unspecified atom stereocenters. The lowest BCUT2D eigenvalue weighted by Crippen LogP contribution is -2.13. The van der Waals surface area contributed by atoms with Gasteiger partial charge in [0, 0.05) is 28.8 Å². The van der Waals surface area contributed by atoms with E-state index in [0.29, 0.717) is 17.0 Å². The first-order valence-electron chi connectivity index (χ1n) is 12.1. The summed E-state index contributed by atoms with van der Waals surface area (Å²) in [5, 5.41) is 34.7. The molecule has 12 nitrogen and oxygen atoms in total. The SMILES string of the molecule is COc1ccc(NC(=O)/C(C#N)=C\c2cc(C)n(-c3ccc(Oc4ccc([N+](=O)[O-])cc4[N+](=O)[O-])cc3)c2C)cc1. The molecule has 0 bridgehead atoms. The molecule has 1 heterocycles. The number of ether oxygens (including phenoxy) is 2. The highest BCUT2D eigenvalue weighted by atomic mass is 16.6. The topological polar surface area (TPSA) is 163 Å². The molecule has 4 aromatic rings. The van der Waals surface area contributed by atoms with E-state index >= 15 is 0 Å². The number of carbonyl (C=O) groups is 1. The number of aryl methyl sites for hydroxylation is 1. The molecule has 0 aliphatic heterocycles. The van der Waals surface area contributed by atoms with E-state index in [-0.39, 0.29) is 17.1 Å². The molecule has 0 aliphatic carbocycles. The number of benzene rings is 3. The van der Waals surface area contributed by atoms with E-state index in [9.17, 15) is 30.3 Å². The lowest BCUT2D eigenvalue weighted by molar-refractivity contribution is -0.394. The molecule has 41 heavy (non-hydrogen) atoms. The summed E-state index contributed by atoms with van der Waals surface area (Å²) in [7, 11) is 1.54. The fraction of sp³-hybridized carbons (Fsp3) is 0.103.